The first-order chi connectivity index (χ1) is 11.7. The molecule has 0 aliphatic heterocycles. The number of esters is 1. The molecule has 0 saturated heterocycles. The lowest BCUT2D eigenvalue weighted by Crippen LogP contribution is -2.18. The molecule has 2 rings (SSSR count). The number of nitriles is 1. The second kappa shape index (κ2) is 6.64. The van der Waals surface area contributed by atoms with E-state index in [9.17, 15) is 18.0 Å². The highest BCUT2D eigenvalue weighted by Crippen LogP contribution is 2.35. The van der Waals surface area contributed by atoms with Crippen molar-refractivity contribution in [2.24, 2.45) is 0 Å². The first-order valence-electron chi connectivity index (χ1n) is 6.65. The van der Waals surface area contributed by atoms with Gasteiger partial charge in [0.2, 0.25) is 0 Å². The van der Waals surface area contributed by atoms with Crippen LogP contribution in [0.15, 0.2) is 24.4 Å². The van der Waals surface area contributed by atoms with Crippen LogP contribution in [0.4, 0.5) is 18.9 Å². The molecule has 0 saturated carbocycles. The molecule has 10 heteroatoms. The molecule has 2 aromatic rings. The molecule has 0 aliphatic carbocycles. The van der Waals surface area contributed by atoms with Gasteiger partial charge in [-0.15, -0.1) is 13.2 Å². The van der Waals surface area contributed by atoms with Gasteiger partial charge in [-0.2, -0.15) is 5.26 Å². The number of halogens is 3. The molecule has 0 unspecified atom stereocenters. The van der Waals surface area contributed by atoms with Gasteiger partial charge in [0.25, 0.3) is 0 Å². The Hall–Kier alpha value is -3.35. The first kappa shape index (κ1) is 18.0. The Labute approximate surface area is 139 Å². The van der Waals surface area contributed by atoms with E-state index in [0.717, 1.165) is 17.7 Å². The van der Waals surface area contributed by atoms with E-state index in [1.807, 2.05) is 0 Å². The van der Waals surface area contributed by atoms with Crippen molar-refractivity contribution in [1.29, 1.82) is 5.26 Å². The minimum atomic E-state index is -4.94. The van der Waals surface area contributed by atoms with Crippen molar-refractivity contribution in [2.75, 3.05) is 20.0 Å². The van der Waals surface area contributed by atoms with Gasteiger partial charge in [-0.3, -0.25) is 0 Å². The second-order valence-corrected chi connectivity index (χ2v) is 4.66. The molecule has 1 aromatic heterocycles. The van der Waals surface area contributed by atoms with Crippen LogP contribution in [0.3, 0.4) is 0 Å². The molecule has 7 nitrogen and oxygen atoms in total. The lowest BCUT2D eigenvalue weighted by molar-refractivity contribution is -0.275. The quantitative estimate of drug-likeness (QED) is 0.847. The zero-order chi connectivity index (χ0) is 18.8. The van der Waals surface area contributed by atoms with E-state index < -0.39 is 18.1 Å². The lowest BCUT2D eigenvalue weighted by Gasteiger charge is -2.15. The lowest BCUT2D eigenvalue weighted by atomic mass is 10.2. The van der Waals surface area contributed by atoms with Crippen LogP contribution in [-0.2, 0) is 4.74 Å². The van der Waals surface area contributed by atoms with Crippen LogP contribution in [-0.4, -0.2) is 31.1 Å². The van der Waals surface area contributed by atoms with Gasteiger partial charge < -0.3 is 24.5 Å². The summed E-state index contributed by atoms with van der Waals surface area (Å²) in [6.07, 6.45) is -3.73. The Morgan fingerprint density at radius 2 is 1.96 bits per heavy atom. The van der Waals surface area contributed by atoms with Crippen molar-refractivity contribution in [3.05, 3.63) is 35.7 Å². The fraction of sp³-hybridized carbons (Fsp3) is 0.200. The molecule has 2 N–H and O–H groups in total. The van der Waals surface area contributed by atoms with Crippen LogP contribution in [0.25, 0.3) is 5.69 Å². The van der Waals surface area contributed by atoms with Crippen LogP contribution < -0.4 is 15.2 Å². The van der Waals surface area contributed by atoms with Gasteiger partial charge >= 0.3 is 12.3 Å². The average Bonchev–Trinajstić information content (AvgIpc) is 2.89. The number of anilines is 1. The van der Waals surface area contributed by atoms with E-state index >= 15 is 0 Å². The number of ether oxygens (including phenoxy) is 3. The van der Waals surface area contributed by atoms with E-state index in [-0.39, 0.29) is 28.4 Å². The molecular formula is C15H12F3N3O4. The number of rotatable bonds is 4. The van der Waals surface area contributed by atoms with E-state index in [1.165, 1.54) is 25.4 Å². The van der Waals surface area contributed by atoms with Crippen LogP contribution in [0.1, 0.15) is 16.1 Å². The molecule has 0 amide bonds. The predicted octanol–water partition coefficient (Wildman–Crippen LogP) is 2.62. The van der Waals surface area contributed by atoms with Crippen LogP contribution >= 0.6 is 0 Å². The molecule has 0 bridgehead atoms. The number of alkyl halides is 3. The number of hydrogen-bond donors (Lipinski definition) is 1. The number of carbonyl (C=O) groups excluding carboxylic acids is 1. The first-order valence-corrected chi connectivity index (χ1v) is 6.65. The summed E-state index contributed by atoms with van der Waals surface area (Å²) in [4.78, 5) is 11.9. The summed E-state index contributed by atoms with van der Waals surface area (Å²) in [6.45, 7) is 0. The molecule has 0 aliphatic rings. The summed E-state index contributed by atoms with van der Waals surface area (Å²) >= 11 is 0. The highest BCUT2D eigenvalue weighted by atomic mass is 19.4. The molecule has 1 aromatic carbocycles. The Morgan fingerprint density at radius 3 is 2.48 bits per heavy atom. The molecule has 25 heavy (non-hydrogen) atoms. The van der Waals surface area contributed by atoms with E-state index in [1.54, 1.807) is 6.07 Å². The van der Waals surface area contributed by atoms with Gasteiger partial charge in [0, 0.05) is 18.0 Å². The van der Waals surface area contributed by atoms with Crippen molar-refractivity contribution < 1.29 is 32.2 Å². The minimum absolute atomic E-state index is 0.0329. The number of nitrogen functional groups attached to an aromatic ring is 1. The largest absolute Gasteiger partial charge is 0.573 e. The maximum Gasteiger partial charge on any atom is 0.573 e. The zero-order valence-electron chi connectivity index (χ0n) is 13.0. The highest BCUT2D eigenvalue weighted by molar-refractivity contribution is 5.96. The van der Waals surface area contributed by atoms with E-state index in [4.69, 9.17) is 15.7 Å². The number of hydrogen-bond acceptors (Lipinski definition) is 6. The third-order valence-electron chi connectivity index (χ3n) is 3.19. The Morgan fingerprint density at radius 1 is 1.28 bits per heavy atom. The molecule has 0 radical (unpaired) electrons. The number of nitrogens with two attached hydrogens (primary N) is 1. The number of carbonyl (C=O) groups is 1. The predicted molar refractivity (Wildman–Crippen MR) is 79.5 cm³/mol. The Balaban J connectivity index is 2.65. The summed E-state index contributed by atoms with van der Waals surface area (Å²) in [7, 11) is 2.29. The maximum absolute atomic E-state index is 12.6. The van der Waals surface area contributed by atoms with Gasteiger partial charge in [0.15, 0.2) is 17.2 Å². The van der Waals surface area contributed by atoms with Crippen molar-refractivity contribution in [3.8, 4) is 23.3 Å². The number of aromatic nitrogens is 1. The molecular weight excluding hydrogens is 343 g/mol. The normalized spacial score (nSPS) is 10.9. The third-order valence-corrected chi connectivity index (χ3v) is 3.19. The van der Waals surface area contributed by atoms with Crippen molar-refractivity contribution in [2.45, 2.75) is 6.36 Å². The van der Waals surface area contributed by atoms with Gasteiger partial charge in [0.05, 0.1) is 25.5 Å². The van der Waals surface area contributed by atoms with Crippen molar-refractivity contribution in [1.82, 2.24) is 4.57 Å². The number of methoxy groups -OCH3 is 2. The van der Waals surface area contributed by atoms with Gasteiger partial charge in [-0.1, -0.05) is 0 Å². The summed E-state index contributed by atoms with van der Waals surface area (Å²) in [5.41, 5.74) is 5.46. The average molecular weight is 355 g/mol. The summed E-state index contributed by atoms with van der Waals surface area (Å²) in [5.74, 6) is -1.64. The van der Waals surface area contributed by atoms with Gasteiger partial charge in [0.1, 0.15) is 6.07 Å². The summed E-state index contributed by atoms with van der Waals surface area (Å²) < 4.78 is 52.2. The number of nitrogens with zero attached hydrogens (tertiary/aromatic N) is 2. The Bertz CT molecular complexity index is 853. The van der Waals surface area contributed by atoms with Gasteiger partial charge in [-0.25, -0.2) is 4.79 Å². The van der Waals surface area contributed by atoms with Crippen molar-refractivity contribution >= 4 is 11.7 Å². The Kier molecular flexibility index (Phi) is 4.78. The molecule has 1 heterocycles. The van der Waals surface area contributed by atoms with Crippen LogP contribution in [0.2, 0.25) is 0 Å². The fourth-order valence-electron chi connectivity index (χ4n) is 2.14. The van der Waals surface area contributed by atoms with E-state index in [0.29, 0.717) is 0 Å². The van der Waals surface area contributed by atoms with Crippen molar-refractivity contribution in [3.63, 3.8) is 0 Å². The van der Waals surface area contributed by atoms with Crippen LogP contribution in [0.5, 0.6) is 11.5 Å². The summed E-state index contributed by atoms with van der Waals surface area (Å²) in [5, 5.41) is 9.06. The summed E-state index contributed by atoms with van der Waals surface area (Å²) in [6, 6.07) is 5.38. The standard InChI is InChI=1S/C15H12F3N3O4/c1-23-10-4-3-9(5-11(10)25-15(16,17)18)21-7-8(6-19)12(20)13(21)14(22)24-2/h3-5,7H,20H2,1-2H3. The smallest absolute Gasteiger partial charge is 0.493 e. The van der Waals surface area contributed by atoms with Gasteiger partial charge in [-0.05, 0) is 12.1 Å². The molecule has 0 atom stereocenters. The highest BCUT2D eigenvalue weighted by Gasteiger charge is 2.33. The van der Waals surface area contributed by atoms with E-state index in [2.05, 4.69) is 9.47 Å². The topological polar surface area (TPSA) is 99.5 Å². The molecule has 132 valence electrons. The maximum atomic E-state index is 12.6. The van der Waals surface area contributed by atoms with Crippen LogP contribution in [0, 0.1) is 11.3 Å². The monoisotopic (exact) mass is 355 g/mol. The molecule has 0 spiro atoms. The SMILES string of the molecule is COC(=O)c1c(N)c(C#N)cn1-c1ccc(OC)c(OC(F)(F)F)c1. The fourth-order valence-corrected chi connectivity index (χ4v) is 2.14. The molecule has 0 fully saturated rings. The number of benzene rings is 1. The zero-order valence-corrected chi connectivity index (χ0v) is 13.0. The third kappa shape index (κ3) is 3.60. The minimum Gasteiger partial charge on any atom is -0.493 e. The second-order valence-electron chi connectivity index (χ2n) is 4.66.